The molecule has 0 N–H and O–H groups in total. The standard InChI is InChI=1S/C13H11Cl2F3N2/c1-2-3-11-8(6-14)13(15)20(19-11)7-4-9(16)12(18)10(17)5-7/h4-5H,2-3,6H2,1H3. The average Bonchev–Trinajstić information content (AvgIpc) is 2.72. The number of rotatable bonds is 4. The van der Waals surface area contributed by atoms with Crippen LogP contribution in [0.1, 0.15) is 24.6 Å². The van der Waals surface area contributed by atoms with Crippen LogP contribution in [0, 0.1) is 17.5 Å². The van der Waals surface area contributed by atoms with Crippen molar-refractivity contribution >= 4 is 23.2 Å². The summed E-state index contributed by atoms with van der Waals surface area (Å²) in [7, 11) is 0. The third-order valence-corrected chi connectivity index (χ3v) is 3.49. The van der Waals surface area contributed by atoms with Crippen LogP contribution in [0.5, 0.6) is 0 Å². The minimum atomic E-state index is -1.52. The first-order chi connectivity index (χ1) is 9.49. The van der Waals surface area contributed by atoms with Crippen molar-refractivity contribution in [3.05, 3.63) is 46.0 Å². The van der Waals surface area contributed by atoms with Crippen LogP contribution in [0.4, 0.5) is 13.2 Å². The van der Waals surface area contributed by atoms with Crippen LogP contribution in [-0.2, 0) is 12.3 Å². The molecule has 2 rings (SSSR count). The summed E-state index contributed by atoms with van der Waals surface area (Å²) in [5.74, 6) is -3.98. The molecule has 0 unspecified atom stereocenters. The maximum Gasteiger partial charge on any atom is 0.194 e. The quantitative estimate of drug-likeness (QED) is 0.592. The van der Waals surface area contributed by atoms with Crippen molar-refractivity contribution in [1.29, 1.82) is 0 Å². The highest BCUT2D eigenvalue weighted by molar-refractivity contribution is 6.31. The monoisotopic (exact) mass is 322 g/mol. The fourth-order valence-electron chi connectivity index (χ4n) is 1.88. The molecule has 0 spiro atoms. The fourth-order valence-corrected chi connectivity index (χ4v) is 2.54. The molecule has 0 aliphatic rings. The first kappa shape index (κ1) is 15.2. The highest BCUT2D eigenvalue weighted by Crippen LogP contribution is 2.27. The van der Waals surface area contributed by atoms with E-state index in [0.29, 0.717) is 17.7 Å². The number of aryl methyl sites for hydroxylation is 1. The number of aromatic nitrogens is 2. The van der Waals surface area contributed by atoms with Gasteiger partial charge in [-0.25, -0.2) is 17.9 Å². The van der Waals surface area contributed by atoms with Gasteiger partial charge in [0.15, 0.2) is 17.5 Å². The lowest BCUT2D eigenvalue weighted by molar-refractivity contribution is 0.446. The minimum Gasteiger partial charge on any atom is -0.221 e. The molecule has 0 aliphatic heterocycles. The van der Waals surface area contributed by atoms with Gasteiger partial charge in [0.1, 0.15) is 5.15 Å². The molecule has 108 valence electrons. The second-order valence-corrected chi connectivity index (χ2v) is 4.86. The Bertz CT molecular complexity index is 618. The molecule has 1 aromatic heterocycles. The van der Waals surface area contributed by atoms with Crippen LogP contribution in [0.25, 0.3) is 5.69 Å². The summed E-state index contributed by atoms with van der Waals surface area (Å²) in [6.45, 7) is 1.96. The molecule has 1 aromatic carbocycles. The van der Waals surface area contributed by atoms with Gasteiger partial charge in [0, 0.05) is 17.7 Å². The molecule has 0 aliphatic carbocycles. The molecule has 20 heavy (non-hydrogen) atoms. The fraction of sp³-hybridized carbons (Fsp3) is 0.308. The summed E-state index contributed by atoms with van der Waals surface area (Å²) in [6.07, 6.45) is 1.46. The third kappa shape index (κ3) is 2.65. The van der Waals surface area contributed by atoms with E-state index in [4.69, 9.17) is 23.2 Å². The van der Waals surface area contributed by atoms with E-state index in [2.05, 4.69) is 5.10 Å². The zero-order valence-corrected chi connectivity index (χ0v) is 12.1. The Labute approximate surface area is 124 Å². The minimum absolute atomic E-state index is 0.0140. The van der Waals surface area contributed by atoms with Crippen LogP contribution in [0.3, 0.4) is 0 Å². The second-order valence-electron chi connectivity index (χ2n) is 4.23. The van der Waals surface area contributed by atoms with Crippen molar-refractivity contribution in [3.63, 3.8) is 0 Å². The van der Waals surface area contributed by atoms with E-state index in [0.717, 1.165) is 23.2 Å². The zero-order chi connectivity index (χ0) is 14.9. The number of alkyl halides is 1. The second kappa shape index (κ2) is 6.06. The predicted octanol–water partition coefficient (Wildman–Crippen LogP) is 4.63. The summed E-state index contributed by atoms with van der Waals surface area (Å²) in [5, 5.41) is 4.37. The number of benzene rings is 1. The molecule has 2 nitrogen and oxygen atoms in total. The van der Waals surface area contributed by atoms with Crippen molar-refractivity contribution in [2.45, 2.75) is 25.6 Å². The molecule has 0 fully saturated rings. The van der Waals surface area contributed by atoms with Crippen LogP contribution >= 0.6 is 23.2 Å². The van der Waals surface area contributed by atoms with Crippen molar-refractivity contribution in [2.75, 3.05) is 0 Å². The van der Waals surface area contributed by atoms with Crippen LogP contribution in [0.15, 0.2) is 12.1 Å². The summed E-state index contributed by atoms with van der Waals surface area (Å²) in [4.78, 5) is 0. The Morgan fingerprint density at radius 1 is 1.20 bits per heavy atom. The average molecular weight is 323 g/mol. The number of halogens is 5. The number of hydrogen-bond donors (Lipinski definition) is 0. The normalized spacial score (nSPS) is 11.1. The summed E-state index contributed by atoms with van der Waals surface area (Å²) >= 11 is 11.9. The number of nitrogens with zero attached hydrogens (tertiary/aromatic N) is 2. The van der Waals surface area contributed by atoms with Gasteiger partial charge in [-0.2, -0.15) is 5.10 Å². The zero-order valence-electron chi connectivity index (χ0n) is 10.6. The van der Waals surface area contributed by atoms with E-state index in [1.807, 2.05) is 6.92 Å². The number of hydrogen-bond acceptors (Lipinski definition) is 1. The first-order valence-corrected chi connectivity index (χ1v) is 6.88. The Kier molecular flexibility index (Phi) is 4.60. The Morgan fingerprint density at radius 3 is 2.30 bits per heavy atom. The van der Waals surface area contributed by atoms with Crippen molar-refractivity contribution in [1.82, 2.24) is 9.78 Å². The molecule has 0 amide bonds. The molecule has 0 bridgehead atoms. The highest BCUT2D eigenvalue weighted by Gasteiger charge is 2.18. The smallest absolute Gasteiger partial charge is 0.194 e. The van der Waals surface area contributed by atoms with Crippen LogP contribution in [0.2, 0.25) is 5.15 Å². The molecular weight excluding hydrogens is 312 g/mol. The molecule has 7 heteroatoms. The summed E-state index contributed by atoms with van der Waals surface area (Å²) in [5.41, 5.74) is 1.29. The molecule has 0 radical (unpaired) electrons. The molecule has 0 saturated heterocycles. The topological polar surface area (TPSA) is 17.8 Å². The van der Waals surface area contributed by atoms with E-state index in [-0.39, 0.29) is 16.7 Å². The van der Waals surface area contributed by atoms with Gasteiger partial charge in [-0.05, 0) is 6.42 Å². The predicted molar refractivity (Wildman–Crippen MR) is 72.0 cm³/mol. The Morgan fingerprint density at radius 2 is 1.80 bits per heavy atom. The summed E-state index contributed by atoms with van der Waals surface area (Å²) in [6, 6.07) is 1.68. The molecule has 0 saturated carbocycles. The van der Waals surface area contributed by atoms with Gasteiger partial charge < -0.3 is 0 Å². The van der Waals surface area contributed by atoms with Gasteiger partial charge >= 0.3 is 0 Å². The molecular formula is C13H11Cl2F3N2. The largest absolute Gasteiger partial charge is 0.221 e. The maximum atomic E-state index is 13.3. The maximum absolute atomic E-state index is 13.3. The van der Waals surface area contributed by atoms with Crippen molar-refractivity contribution < 1.29 is 13.2 Å². The lowest BCUT2D eigenvalue weighted by Gasteiger charge is -2.05. The van der Waals surface area contributed by atoms with E-state index in [1.165, 1.54) is 0 Å². The first-order valence-electron chi connectivity index (χ1n) is 5.96. The lowest BCUT2D eigenvalue weighted by Crippen LogP contribution is -2.01. The van der Waals surface area contributed by atoms with Gasteiger partial charge in [0.25, 0.3) is 0 Å². The molecule has 1 heterocycles. The van der Waals surface area contributed by atoms with Gasteiger partial charge in [0.2, 0.25) is 0 Å². The third-order valence-electron chi connectivity index (χ3n) is 2.84. The van der Waals surface area contributed by atoms with Crippen molar-refractivity contribution in [3.8, 4) is 5.69 Å². The van der Waals surface area contributed by atoms with E-state index >= 15 is 0 Å². The van der Waals surface area contributed by atoms with Crippen LogP contribution in [-0.4, -0.2) is 9.78 Å². The van der Waals surface area contributed by atoms with E-state index in [1.54, 1.807) is 0 Å². The van der Waals surface area contributed by atoms with Crippen LogP contribution < -0.4 is 0 Å². The lowest BCUT2D eigenvalue weighted by atomic mass is 10.2. The molecule has 2 aromatic rings. The highest BCUT2D eigenvalue weighted by atomic mass is 35.5. The van der Waals surface area contributed by atoms with Crippen molar-refractivity contribution in [2.24, 2.45) is 0 Å². The van der Waals surface area contributed by atoms with Gasteiger partial charge in [-0.3, -0.25) is 0 Å². The Hall–Kier alpha value is -1.20. The van der Waals surface area contributed by atoms with Gasteiger partial charge in [0.05, 0.1) is 17.3 Å². The van der Waals surface area contributed by atoms with Gasteiger partial charge in [-0.15, -0.1) is 11.6 Å². The van der Waals surface area contributed by atoms with Gasteiger partial charge in [-0.1, -0.05) is 24.9 Å². The SMILES string of the molecule is CCCc1nn(-c2cc(F)c(F)c(F)c2)c(Cl)c1CCl. The summed E-state index contributed by atoms with van der Waals surface area (Å²) < 4.78 is 40.7. The molecule has 0 atom stereocenters. The van der Waals surface area contributed by atoms with E-state index in [9.17, 15) is 13.2 Å². The van der Waals surface area contributed by atoms with E-state index < -0.39 is 17.5 Å². The Balaban J connectivity index is 2.58.